The number of hydrogen-bond acceptors (Lipinski definition) is 5. The van der Waals surface area contributed by atoms with E-state index in [2.05, 4.69) is 15.6 Å². The number of nitrogens with one attached hydrogen (secondary N) is 2. The van der Waals surface area contributed by atoms with Crippen molar-refractivity contribution in [2.45, 2.75) is 31.8 Å². The van der Waals surface area contributed by atoms with Crippen molar-refractivity contribution < 1.29 is 19.5 Å². The Morgan fingerprint density at radius 3 is 2.64 bits per heavy atom. The normalized spacial score (nSPS) is 15.4. The molecule has 1 aromatic heterocycles. The van der Waals surface area contributed by atoms with Crippen LogP contribution in [0.2, 0.25) is 0 Å². The van der Waals surface area contributed by atoms with Crippen molar-refractivity contribution in [3.8, 4) is 5.75 Å². The first-order valence-electron chi connectivity index (χ1n) is 11.0. The second-order valence-corrected chi connectivity index (χ2v) is 8.01. The molecule has 8 heteroatoms. The summed E-state index contributed by atoms with van der Waals surface area (Å²) < 4.78 is 0. The summed E-state index contributed by atoms with van der Waals surface area (Å²) in [6.45, 7) is 1.02. The van der Waals surface area contributed by atoms with E-state index in [1.54, 1.807) is 36.7 Å². The number of benzene rings is 2. The Morgan fingerprint density at radius 2 is 1.82 bits per heavy atom. The fourth-order valence-corrected chi connectivity index (χ4v) is 4.07. The number of pyridine rings is 1. The first-order chi connectivity index (χ1) is 16.0. The molecule has 8 nitrogen and oxygen atoms in total. The van der Waals surface area contributed by atoms with Gasteiger partial charge in [-0.1, -0.05) is 30.3 Å². The van der Waals surface area contributed by atoms with Gasteiger partial charge in [0.25, 0.3) is 5.91 Å². The molecule has 3 N–H and O–H groups in total. The van der Waals surface area contributed by atoms with Crippen molar-refractivity contribution in [2.24, 2.45) is 0 Å². The van der Waals surface area contributed by atoms with Gasteiger partial charge in [0.15, 0.2) is 0 Å². The summed E-state index contributed by atoms with van der Waals surface area (Å²) in [5.41, 5.74) is 1.13. The summed E-state index contributed by atoms with van der Waals surface area (Å²) in [5, 5.41) is 17.6. The predicted molar refractivity (Wildman–Crippen MR) is 123 cm³/mol. The van der Waals surface area contributed by atoms with Gasteiger partial charge in [-0.05, 0) is 42.0 Å². The van der Waals surface area contributed by atoms with Crippen molar-refractivity contribution in [2.75, 3.05) is 13.1 Å². The van der Waals surface area contributed by atoms with Crippen molar-refractivity contribution in [3.63, 3.8) is 0 Å². The van der Waals surface area contributed by atoms with Crippen LogP contribution in [-0.2, 0) is 16.1 Å². The van der Waals surface area contributed by atoms with Crippen LogP contribution >= 0.6 is 0 Å². The lowest BCUT2D eigenvalue weighted by Crippen LogP contribution is -2.46. The summed E-state index contributed by atoms with van der Waals surface area (Å²) in [6.07, 6.45) is 4.70. The monoisotopic (exact) mass is 446 g/mol. The molecule has 1 atom stereocenters. The average Bonchev–Trinajstić information content (AvgIpc) is 3.34. The van der Waals surface area contributed by atoms with Gasteiger partial charge in [0.05, 0.1) is 5.56 Å². The molecule has 0 radical (unpaired) electrons. The highest BCUT2D eigenvalue weighted by atomic mass is 16.3. The van der Waals surface area contributed by atoms with Crippen LogP contribution < -0.4 is 10.6 Å². The number of fused-ring (bicyclic) bond motifs is 1. The number of nitrogens with zero attached hydrogens (tertiary/aromatic N) is 2. The maximum atomic E-state index is 13.1. The number of aromatic hydroxyl groups is 1. The highest BCUT2D eigenvalue weighted by Gasteiger charge is 2.35. The third-order valence-corrected chi connectivity index (χ3v) is 5.84. The van der Waals surface area contributed by atoms with Gasteiger partial charge in [-0.2, -0.15) is 0 Å². The van der Waals surface area contributed by atoms with Crippen LogP contribution in [0.25, 0.3) is 10.8 Å². The smallest absolute Gasteiger partial charge is 0.258 e. The lowest BCUT2D eigenvalue weighted by Gasteiger charge is -2.24. The molecule has 2 aromatic carbocycles. The summed E-state index contributed by atoms with van der Waals surface area (Å²) in [6, 6.07) is 13.7. The van der Waals surface area contributed by atoms with Crippen molar-refractivity contribution in [1.29, 1.82) is 0 Å². The zero-order valence-electron chi connectivity index (χ0n) is 18.2. The van der Waals surface area contributed by atoms with Gasteiger partial charge in [0, 0.05) is 43.8 Å². The standard InChI is InChI=1S/C25H26N4O4/c30-22(28-16-17-9-12-26-13-10-17)11-14-27-24(32)21-6-3-15-29(21)25(33)20-8-7-18-4-1-2-5-19(18)23(20)31/h1-2,4-5,7-10,12-13,21,31H,3,6,11,14-16H2,(H,27,32)(H,28,30). The second-order valence-electron chi connectivity index (χ2n) is 8.01. The zero-order valence-corrected chi connectivity index (χ0v) is 18.2. The number of amides is 3. The molecule has 0 bridgehead atoms. The lowest BCUT2D eigenvalue weighted by molar-refractivity contribution is -0.125. The van der Waals surface area contributed by atoms with Crippen molar-refractivity contribution in [1.82, 2.24) is 20.5 Å². The van der Waals surface area contributed by atoms with Gasteiger partial charge in [-0.3, -0.25) is 19.4 Å². The first-order valence-corrected chi connectivity index (χ1v) is 11.0. The van der Waals surface area contributed by atoms with E-state index in [4.69, 9.17) is 0 Å². The third kappa shape index (κ3) is 5.11. The summed E-state index contributed by atoms with van der Waals surface area (Å²) in [5.74, 6) is -0.906. The summed E-state index contributed by atoms with van der Waals surface area (Å²) >= 11 is 0. The minimum Gasteiger partial charge on any atom is -0.506 e. The highest BCUT2D eigenvalue weighted by molar-refractivity contribution is 6.05. The maximum Gasteiger partial charge on any atom is 0.258 e. The Hall–Kier alpha value is -3.94. The molecule has 1 aliphatic heterocycles. The SMILES string of the molecule is O=C(CCNC(=O)C1CCCN1C(=O)c1ccc2ccccc2c1O)NCc1ccncc1. The molecule has 1 saturated heterocycles. The number of phenols is 1. The lowest BCUT2D eigenvalue weighted by atomic mass is 10.0. The van der Waals surface area contributed by atoms with Gasteiger partial charge < -0.3 is 20.6 Å². The topological polar surface area (TPSA) is 112 Å². The number of aromatic nitrogens is 1. The van der Waals surface area contributed by atoms with Crippen molar-refractivity contribution in [3.05, 3.63) is 72.1 Å². The van der Waals surface area contributed by atoms with E-state index in [1.165, 1.54) is 4.90 Å². The number of likely N-dealkylation sites (tertiary alicyclic amines) is 1. The summed E-state index contributed by atoms with van der Waals surface area (Å²) in [4.78, 5) is 43.4. The second kappa shape index (κ2) is 10.1. The van der Waals surface area contributed by atoms with E-state index in [0.29, 0.717) is 31.3 Å². The fourth-order valence-electron chi connectivity index (χ4n) is 4.07. The van der Waals surface area contributed by atoms with E-state index in [1.807, 2.05) is 24.3 Å². The molecular formula is C25H26N4O4. The molecule has 2 heterocycles. The number of phenolic OH excluding ortho intramolecular Hbond substituents is 1. The van der Waals surface area contributed by atoms with Gasteiger partial charge in [0.2, 0.25) is 11.8 Å². The highest BCUT2D eigenvalue weighted by Crippen LogP contribution is 2.31. The fraction of sp³-hybridized carbons (Fsp3) is 0.280. The van der Waals surface area contributed by atoms with Crippen LogP contribution in [0.4, 0.5) is 0 Å². The molecule has 4 rings (SSSR count). The van der Waals surface area contributed by atoms with Gasteiger partial charge >= 0.3 is 0 Å². The summed E-state index contributed by atoms with van der Waals surface area (Å²) in [7, 11) is 0. The molecule has 0 aliphatic carbocycles. The Morgan fingerprint density at radius 1 is 1.03 bits per heavy atom. The minimum atomic E-state index is -0.622. The van der Waals surface area contributed by atoms with Gasteiger partial charge in [-0.15, -0.1) is 0 Å². The number of rotatable bonds is 7. The maximum absolute atomic E-state index is 13.1. The Labute approximate surface area is 191 Å². The number of carbonyl (C=O) groups is 3. The quantitative estimate of drug-likeness (QED) is 0.516. The van der Waals surface area contributed by atoms with E-state index >= 15 is 0 Å². The van der Waals surface area contributed by atoms with E-state index < -0.39 is 6.04 Å². The predicted octanol–water partition coefficient (Wildman–Crippen LogP) is 2.37. The Bertz CT molecular complexity index is 1170. The van der Waals surface area contributed by atoms with Gasteiger partial charge in [-0.25, -0.2) is 0 Å². The van der Waals surface area contributed by atoms with Crippen LogP contribution in [0.1, 0.15) is 35.2 Å². The molecule has 0 saturated carbocycles. The largest absolute Gasteiger partial charge is 0.506 e. The molecular weight excluding hydrogens is 420 g/mol. The molecule has 170 valence electrons. The average molecular weight is 447 g/mol. The van der Waals surface area contributed by atoms with E-state index in [9.17, 15) is 19.5 Å². The first kappa shape index (κ1) is 22.3. The molecule has 3 amide bonds. The van der Waals surface area contributed by atoms with E-state index in [0.717, 1.165) is 10.9 Å². The van der Waals surface area contributed by atoms with Gasteiger partial charge in [0.1, 0.15) is 11.8 Å². The third-order valence-electron chi connectivity index (χ3n) is 5.84. The Balaban J connectivity index is 1.32. The van der Waals surface area contributed by atoms with Crippen LogP contribution in [-0.4, -0.2) is 51.8 Å². The molecule has 3 aromatic rings. The van der Waals surface area contributed by atoms with Crippen LogP contribution in [0.3, 0.4) is 0 Å². The van der Waals surface area contributed by atoms with E-state index in [-0.39, 0.29) is 42.0 Å². The van der Waals surface area contributed by atoms with Crippen molar-refractivity contribution >= 4 is 28.5 Å². The van der Waals surface area contributed by atoms with Crippen LogP contribution in [0, 0.1) is 0 Å². The number of carbonyl (C=O) groups excluding carboxylic acids is 3. The molecule has 1 fully saturated rings. The molecule has 33 heavy (non-hydrogen) atoms. The zero-order chi connectivity index (χ0) is 23.2. The number of hydrogen-bond donors (Lipinski definition) is 3. The van der Waals surface area contributed by atoms with Crippen LogP contribution in [0.15, 0.2) is 60.9 Å². The molecule has 0 spiro atoms. The Kier molecular flexibility index (Phi) is 6.83. The molecule has 1 aliphatic rings. The van der Waals surface area contributed by atoms with Crippen LogP contribution in [0.5, 0.6) is 5.75 Å². The molecule has 1 unspecified atom stereocenters. The minimum absolute atomic E-state index is 0.0740.